The minimum absolute atomic E-state index is 0.0395. The summed E-state index contributed by atoms with van der Waals surface area (Å²) in [4.78, 5) is 29.4. The summed E-state index contributed by atoms with van der Waals surface area (Å²) in [6.07, 6.45) is -1.94. The van der Waals surface area contributed by atoms with Crippen LogP contribution in [0.1, 0.15) is 75.3 Å². The van der Waals surface area contributed by atoms with Crippen molar-refractivity contribution in [3.8, 4) is 0 Å². The maximum absolute atomic E-state index is 13.0. The number of likely N-dealkylation sites (N-methyl/N-ethyl adjacent to an activating group) is 1. The van der Waals surface area contributed by atoms with E-state index in [1.54, 1.807) is 36.4 Å². The summed E-state index contributed by atoms with van der Waals surface area (Å²) in [5.74, 6) is -0.727. The Morgan fingerprint density at radius 1 is 0.800 bits per heavy atom. The minimum atomic E-state index is -0.715. The van der Waals surface area contributed by atoms with Gasteiger partial charge in [0.05, 0.1) is 41.7 Å². The molecular weight excluding hydrogens is 568 g/mol. The molecule has 0 unspecified atom stereocenters. The molecule has 2 aliphatic heterocycles. The lowest BCUT2D eigenvalue weighted by Crippen LogP contribution is -2.46. The Hall–Kier alpha value is -4.18. The third-order valence-corrected chi connectivity index (χ3v) is 9.10. The Morgan fingerprint density at radius 3 is 1.98 bits per heavy atom. The van der Waals surface area contributed by atoms with Crippen LogP contribution >= 0.6 is 0 Å². The number of carbonyl (C=O) groups is 2. The molecule has 0 saturated carbocycles. The lowest BCUT2D eigenvalue weighted by atomic mass is 9.89. The molecule has 4 aromatic rings. The van der Waals surface area contributed by atoms with E-state index in [1.807, 2.05) is 80.7 Å². The van der Waals surface area contributed by atoms with Gasteiger partial charge in [0.2, 0.25) is 0 Å². The van der Waals surface area contributed by atoms with Crippen molar-refractivity contribution in [1.29, 1.82) is 0 Å². The van der Waals surface area contributed by atoms with Gasteiger partial charge in [-0.3, -0.25) is 14.5 Å². The van der Waals surface area contributed by atoms with Crippen LogP contribution < -0.4 is 4.90 Å². The molecule has 8 nitrogen and oxygen atoms in total. The van der Waals surface area contributed by atoms with Gasteiger partial charge < -0.3 is 19.7 Å². The van der Waals surface area contributed by atoms with E-state index < -0.39 is 12.4 Å². The monoisotopic (exact) mass is 606 g/mol. The second-order valence-electron chi connectivity index (χ2n) is 11.9. The fourth-order valence-corrected chi connectivity index (χ4v) is 6.15. The van der Waals surface area contributed by atoms with Crippen molar-refractivity contribution in [2.45, 2.75) is 51.1 Å². The van der Waals surface area contributed by atoms with Gasteiger partial charge in [-0.25, -0.2) is 4.90 Å². The molecule has 0 spiro atoms. The zero-order valence-corrected chi connectivity index (χ0v) is 25.6. The van der Waals surface area contributed by atoms with E-state index in [4.69, 9.17) is 9.47 Å². The molecule has 2 heterocycles. The summed E-state index contributed by atoms with van der Waals surface area (Å²) in [7, 11) is 1.99. The number of carbonyl (C=O) groups excluding carboxylic acids is 2. The van der Waals surface area contributed by atoms with Crippen LogP contribution in [-0.2, 0) is 16.1 Å². The summed E-state index contributed by atoms with van der Waals surface area (Å²) in [6, 6.07) is 31.2. The topological polar surface area (TPSA) is 99.5 Å². The predicted molar refractivity (Wildman–Crippen MR) is 170 cm³/mol. The van der Waals surface area contributed by atoms with Crippen LogP contribution in [0.4, 0.5) is 5.69 Å². The predicted octanol–water partition coefficient (Wildman–Crippen LogP) is 5.82. The van der Waals surface area contributed by atoms with Crippen molar-refractivity contribution in [2.75, 3.05) is 18.5 Å². The fourth-order valence-electron chi connectivity index (χ4n) is 6.15. The van der Waals surface area contributed by atoms with Crippen molar-refractivity contribution in [1.82, 2.24) is 4.90 Å². The second-order valence-corrected chi connectivity index (χ2v) is 11.9. The summed E-state index contributed by atoms with van der Waals surface area (Å²) in [5, 5.41) is 20.7. The number of imide groups is 1. The molecule has 232 valence electrons. The first-order chi connectivity index (χ1) is 21.8. The van der Waals surface area contributed by atoms with Crippen LogP contribution in [0.25, 0.3) is 0 Å². The van der Waals surface area contributed by atoms with Gasteiger partial charge in [-0.05, 0) is 54.9 Å². The molecule has 2 aliphatic rings. The number of hydrogen-bond acceptors (Lipinski definition) is 7. The van der Waals surface area contributed by atoms with Gasteiger partial charge in [-0.15, -0.1) is 0 Å². The van der Waals surface area contributed by atoms with E-state index >= 15 is 0 Å². The number of ether oxygens (including phenoxy) is 2. The number of aliphatic hydroxyl groups excluding tert-OH is 2. The normalized spacial score (nSPS) is 22.8. The molecule has 1 fully saturated rings. The van der Waals surface area contributed by atoms with E-state index in [0.717, 1.165) is 22.3 Å². The van der Waals surface area contributed by atoms with Crippen LogP contribution in [0.15, 0.2) is 103 Å². The van der Waals surface area contributed by atoms with Crippen molar-refractivity contribution < 1.29 is 29.3 Å². The second kappa shape index (κ2) is 13.0. The van der Waals surface area contributed by atoms with Crippen LogP contribution in [-0.4, -0.2) is 52.7 Å². The molecule has 8 heteroatoms. The Balaban J connectivity index is 1.25. The molecule has 1 saturated heterocycles. The van der Waals surface area contributed by atoms with E-state index in [2.05, 4.69) is 11.8 Å². The number of fused-ring (bicyclic) bond motifs is 1. The molecule has 0 aliphatic carbocycles. The standard InChI is InChI=1S/C37H38N2O6/c1-23-32(21-38(3)24(2)33(41)26-9-5-4-6-10-26)44-37(45-34(23)27-15-13-25(22-40)14-16-27)28-17-19-29(20-18-28)39-35(42)30-11-7-8-12-31(30)36(39)43/h4-20,23-24,32-34,37,40-41H,21-22H2,1-3H3/t23-,24-,32+,33-,34+,37+/m1/s1. The first-order valence-corrected chi connectivity index (χ1v) is 15.3. The van der Waals surface area contributed by atoms with Gasteiger partial charge in [-0.1, -0.05) is 85.8 Å². The average molecular weight is 607 g/mol. The highest BCUT2D eigenvalue weighted by molar-refractivity contribution is 6.34. The zero-order chi connectivity index (χ0) is 31.7. The highest BCUT2D eigenvalue weighted by atomic mass is 16.7. The van der Waals surface area contributed by atoms with Gasteiger partial charge in [-0.2, -0.15) is 0 Å². The third kappa shape index (κ3) is 6.08. The molecule has 0 bridgehead atoms. The average Bonchev–Trinajstić information content (AvgIpc) is 3.34. The molecule has 0 radical (unpaired) electrons. The lowest BCUT2D eigenvalue weighted by Gasteiger charge is -2.43. The van der Waals surface area contributed by atoms with Crippen molar-refractivity contribution in [3.05, 3.63) is 137 Å². The van der Waals surface area contributed by atoms with Gasteiger partial charge in [0.1, 0.15) is 0 Å². The Labute approximate surface area is 263 Å². The Bertz CT molecular complexity index is 1610. The molecule has 6 rings (SSSR count). The lowest BCUT2D eigenvalue weighted by molar-refractivity contribution is -0.276. The first kappa shape index (κ1) is 30.8. The Kier molecular flexibility index (Phi) is 8.94. The third-order valence-electron chi connectivity index (χ3n) is 9.10. The summed E-state index contributed by atoms with van der Waals surface area (Å²) < 4.78 is 13.2. The molecule has 2 amide bonds. The van der Waals surface area contributed by atoms with E-state index in [1.165, 1.54) is 4.90 Å². The largest absolute Gasteiger partial charge is 0.392 e. The SMILES string of the molecule is C[C@@H]1[C@H](CN(C)[C@H](C)[C@@H](O)c2ccccc2)O[C@H](c2ccc(N3C(=O)c4ccccc4C3=O)cc2)O[C@@H]1c1ccc(CO)cc1. The maximum atomic E-state index is 13.0. The summed E-state index contributed by atoms with van der Waals surface area (Å²) in [6.45, 7) is 4.61. The van der Waals surface area contributed by atoms with Gasteiger partial charge in [0.15, 0.2) is 6.29 Å². The van der Waals surface area contributed by atoms with Gasteiger partial charge in [0, 0.05) is 24.1 Å². The van der Waals surface area contributed by atoms with E-state index in [9.17, 15) is 19.8 Å². The van der Waals surface area contributed by atoms with Crippen LogP contribution in [0, 0.1) is 5.92 Å². The number of anilines is 1. The zero-order valence-electron chi connectivity index (χ0n) is 25.6. The van der Waals surface area contributed by atoms with Crippen LogP contribution in [0.5, 0.6) is 0 Å². The highest BCUT2D eigenvalue weighted by Crippen LogP contribution is 2.42. The maximum Gasteiger partial charge on any atom is 0.266 e. The molecule has 4 aromatic carbocycles. The summed E-state index contributed by atoms with van der Waals surface area (Å²) >= 11 is 0. The van der Waals surface area contributed by atoms with Crippen molar-refractivity contribution in [3.63, 3.8) is 0 Å². The van der Waals surface area contributed by atoms with Crippen molar-refractivity contribution >= 4 is 17.5 Å². The van der Waals surface area contributed by atoms with Crippen LogP contribution in [0.2, 0.25) is 0 Å². The number of aliphatic hydroxyl groups is 2. The van der Waals surface area contributed by atoms with E-state index in [0.29, 0.717) is 23.4 Å². The minimum Gasteiger partial charge on any atom is -0.392 e. The summed E-state index contributed by atoms with van der Waals surface area (Å²) in [5.41, 5.74) is 4.67. The van der Waals surface area contributed by atoms with Gasteiger partial charge in [0.25, 0.3) is 11.8 Å². The number of rotatable bonds is 9. The molecule has 2 N–H and O–H groups in total. The fraction of sp³-hybridized carbons (Fsp3) is 0.297. The van der Waals surface area contributed by atoms with Crippen LogP contribution in [0.3, 0.4) is 0 Å². The number of amides is 2. The van der Waals surface area contributed by atoms with E-state index in [-0.39, 0.29) is 42.6 Å². The highest BCUT2D eigenvalue weighted by Gasteiger charge is 2.40. The number of nitrogens with zero attached hydrogens (tertiary/aromatic N) is 2. The quantitative estimate of drug-likeness (QED) is 0.232. The van der Waals surface area contributed by atoms with Crippen molar-refractivity contribution in [2.24, 2.45) is 5.92 Å². The molecule has 6 atom stereocenters. The molecule has 0 aromatic heterocycles. The number of hydrogen-bond donors (Lipinski definition) is 2. The molecule has 45 heavy (non-hydrogen) atoms. The van der Waals surface area contributed by atoms with Gasteiger partial charge >= 0.3 is 0 Å². The Morgan fingerprint density at radius 2 is 1.38 bits per heavy atom. The first-order valence-electron chi connectivity index (χ1n) is 15.3. The molecular formula is C37H38N2O6. The smallest absolute Gasteiger partial charge is 0.266 e. The number of benzene rings is 4.